The molecule has 2 aromatic carbocycles. The third-order valence-corrected chi connectivity index (χ3v) is 3.70. The van der Waals surface area contributed by atoms with Crippen molar-refractivity contribution in [1.82, 2.24) is 0 Å². The molecule has 11 heteroatoms. The summed E-state index contributed by atoms with van der Waals surface area (Å²) in [5.41, 5.74) is 0.229. The van der Waals surface area contributed by atoms with E-state index in [4.69, 9.17) is 28.7 Å². The molecule has 0 aliphatic heterocycles. The van der Waals surface area contributed by atoms with Crippen LogP contribution in [0.1, 0.15) is 34.6 Å². The molecular formula is C21H22O11. The average molecular weight is 450 g/mol. The SMILES string of the molecule is COc1ccccc1C(=O)OOC(C)OC(=O)OC(C)OOC(=O)c1ccccc1OC. The molecule has 0 heterocycles. The van der Waals surface area contributed by atoms with E-state index in [-0.39, 0.29) is 22.6 Å². The van der Waals surface area contributed by atoms with Gasteiger partial charge in [-0.1, -0.05) is 24.3 Å². The molecule has 32 heavy (non-hydrogen) atoms. The molecule has 2 atom stereocenters. The number of para-hydroxylation sites is 2. The maximum Gasteiger partial charge on any atom is 0.513 e. The van der Waals surface area contributed by atoms with Crippen molar-refractivity contribution in [2.75, 3.05) is 14.2 Å². The summed E-state index contributed by atoms with van der Waals surface area (Å²) in [4.78, 5) is 54.5. The molecule has 0 saturated heterocycles. The van der Waals surface area contributed by atoms with Crippen molar-refractivity contribution in [2.24, 2.45) is 0 Å². The van der Waals surface area contributed by atoms with E-state index in [0.29, 0.717) is 0 Å². The highest BCUT2D eigenvalue weighted by Crippen LogP contribution is 2.19. The van der Waals surface area contributed by atoms with Gasteiger partial charge in [-0.2, -0.15) is 0 Å². The fourth-order valence-corrected chi connectivity index (χ4v) is 2.28. The normalized spacial score (nSPS) is 12.1. The van der Waals surface area contributed by atoms with E-state index in [1.54, 1.807) is 36.4 Å². The van der Waals surface area contributed by atoms with Crippen LogP contribution < -0.4 is 9.47 Å². The predicted molar refractivity (Wildman–Crippen MR) is 105 cm³/mol. The Morgan fingerprint density at radius 3 is 1.41 bits per heavy atom. The van der Waals surface area contributed by atoms with Gasteiger partial charge in [0.15, 0.2) is 0 Å². The summed E-state index contributed by atoms with van der Waals surface area (Å²) >= 11 is 0. The lowest BCUT2D eigenvalue weighted by molar-refractivity contribution is -0.340. The molecule has 0 bridgehead atoms. The molecule has 0 aliphatic carbocycles. The Kier molecular flexibility index (Phi) is 9.26. The van der Waals surface area contributed by atoms with E-state index in [1.165, 1.54) is 40.2 Å². The van der Waals surface area contributed by atoms with Gasteiger partial charge in [0.05, 0.1) is 14.2 Å². The molecule has 2 rings (SSSR count). The predicted octanol–water partition coefficient (Wildman–Crippen LogP) is 3.43. The quantitative estimate of drug-likeness (QED) is 0.229. The molecule has 2 unspecified atom stereocenters. The van der Waals surface area contributed by atoms with Crippen molar-refractivity contribution in [3.63, 3.8) is 0 Å². The fraction of sp³-hybridized carbons (Fsp3) is 0.286. The summed E-state index contributed by atoms with van der Waals surface area (Å²) in [7, 11) is 2.79. The molecule has 172 valence electrons. The Morgan fingerprint density at radius 2 is 1.03 bits per heavy atom. The van der Waals surface area contributed by atoms with Crippen LogP contribution in [0.25, 0.3) is 0 Å². The monoisotopic (exact) mass is 450 g/mol. The van der Waals surface area contributed by atoms with Gasteiger partial charge in [0, 0.05) is 13.8 Å². The van der Waals surface area contributed by atoms with Gasteiger partial charge in [0.1, 0.15) is 22.6 Å². The lowest BCUT2D eigenvalue weighted by Gasteiger charge is -2.15. The lowest BCUT2D eigenvalue weighted by atomic mass is 10.2. The molecule has 0 saturated carbocycles. The minimum atomic E-state index is -1.32. The molecular weight excluding hydrogens is 428 g/mol. The summed E-state index contributed by atoms with van der Waals surface area (Å²) in [6.07, 6.45) is -3.86. The standard InChI is InChI=1S/C21H22O11/c1-13(29-31-19(22)15-9-5-7-11-17(15)25-3)27-21(24)28-14(2)30-32-20(23)16-10-6-8-12-18(16)26-4/h5-14H,1-4H3. The molecule has 0 aromatic heterocycles. The number of rotatable bonds is 10. The van der Waals surface area contributed by atoms with Crippen molar-refractivity contribution in [3.05, 3.63) is 59.7 Å². The zero-order valence-electron chi connectivity index (χ0n) is 17.8. The largest absolute Gasteiger partial charge is 0.513 e. The highest BCUT2D eigenvalue weighted by Gasteiger charge is 2.21. The smallest absolute Gasteiger partial charge is 0.496 e. The molecule has 0 aliphatic rings. The highest BCUT2D eigenvalue weighted by molar-refractivity contribution is 5.92. The Balaban J connectivity index is 1.74. The van der Waals surface area contributed by atoms with Crippen LogP contribution in [0, 0.1) is 0 Å². The summed E-state index contributed by atoms with van der Waals surface area (Å²) in [6, 6.07) is 12.6. The number of benzene rings is 2. The van der Waals surface area contributed by atoms with E-state index >= 15 is 0 Å². The number of methoxy groups -OCH3 is 2. The Hall–Kier alpha value is -3.83. The highest BCUT2D eigenvalue weighted by atomic mass is 17.2. The maximum absolute atomic E-state index is 12.0. The van der Waals surface area contributed by atoms with Crippen molar-refractivity contribution >= 4 is 18.1 Å². The topological polar surface area (TPSA) is 125 Å². The lowest BCUT2D eigenvalue weighted by Crippen LogP contribution is -2.25. The Labute approximate surface area is 183 Å². The molecule has 11 nitrogen and oxygen atoms in total. The summed E-state index contributed by atoms with van der Waals surface area (Å²) in [5.74, 6) is -1.15. The van der Waals surface area contributed by atoms with Crippen LogP contribution in [0.2, 0.25) is 0 Å². The molecule has 0 spiro atoms. The third-order valence-electron chi connectivity index (χ3n) is 3.70. The molecule has 0 amide bonds. The van der Waals surface area contributed by atoms with Crippen LogP contribution in [0.3, 0.4) is 0 Å². The number of hydrogen-bond acceptors (Lipinski definition) is 11. The molecule has 0 N–H and O–H groups in total. The van der Waals surface area contributed by atoms with E-state index in [9.17, 15) is 14.4 Å². The minimum Gasteiger partial charge on any atom is -0.496 e. The first-order valence-corrected chi connectivity index (χ1v) is 9.24. The first kappa shape index (κ1) is 24.4. The number of ether oxygens (including phenoxy) is 4. The van der Waals surface area contributed by atoms with Crippen molar-refractivity contribution in [3.8, 4) is 11.5 Å². The van der Waals surface area contributed by atoms with Crippen molar-refractivity contribution in [1.29, 1.82) is 0 Å². The number of carbonyl (C=O) groups is 3. The minimum absolute atomic E-state index is 0.115. The van der Waals surface area contributed by atoms with Crippen LogP contribution in [0.5, 0.6) is 11.5 Å². The molecule has 0 fully saturated rings. The Morgan fingerprint density at radius 1 is 0.656 bits per heavy atom. The van der Waals surface area contributed by atoms with E-state index in [2.05, 4.69) is 9.78 Å². The summed E-state index contributed by atoms with van der Waals surface area (Å²) in [6.45, 7) is 2.56. The number of carbonyl (C=O) groups excluding carboxylic acids is 3. The summed E-state index contributed by atoms with van der Waals surface area (Å²) in [5, 5.41) is 0. The van der Waals surface area contributed by atoms with Crippen LogP contribution in [-0.2, 0) is 29.0 Å². The Bertz CT molecular complexity index is 854. The van der Waals surface area contributed by atoms with E-state index < -0.39 is 30.7 Å². The zero-order chi connectivity index (χ0) is 23.5. The van der Waals surface area contributed by atoms with Crippen molar-refractivity contribution < 1.29 is 52.9 Å². The first-order chi connectivity index (χ1) is 15.3. The van der Waals surface area contributed by atoms with Gasteiger partial charge in [-0.3, -0.25) is 9.78 Å². The van der Waals surface area contributed by atoms with Gasteiger partial charge in [-0.25, -0.2) is 14.4 Å². The van der Waals surface area contributed by atoms with Gasteiger partial charge in [0.2, 0.25) is 12.6 Å². The van der Waals surface area contributed by atoms with E-state index in [1.807, 2.05) is 0 Å². The van der Waals surface area contributed by atoms with Gasteiger partial charge < -0.3 is 18.9 Å². The van der Waals surface area contributed by atoms with Crippen LogP contribution in [0.4, 0.5) is 4.79 Å². The molecule has 2 aromatic rings. The average Bonchev–Trinajstić information content (AvgIpc) is 2.80. The molecule has 0 radical (unpaired) electrons. The zero-order valence-corrected chi connectivity index (χ0v) is 17.8. The second kappa shape index (κ2) is 12.1. The van der Waals surface area contributed by atoms with Crippen LogP contribution in [0.15, 0.2) is 48.5 Å². The van der Waals surface area contributed by atoms with Crippen molar-refractivity contribution in [2.45, 2.75) is 26.4 Å². The van der Waals surface area contributed by atoms with E-state index in [0.717, 1.165) is 0 Å². The summed E-state index contributed by atoms with van der Waals surface area (Å²) < 4.78 is 19.6. The van der Waals surface area contributed by atoms with Gasteiger partial charge in [-0.05, 0) is 24.3 Å². The second-order valence-electron chi connectivity index (χ2n) is 5.96. The fourth-order valence-electron chi connectivity index (χ4n) is 2.28. The van der Waals surface area contributed by atoms with Gasteiger partial charge >= 0.3 is 18.1 Å². The van der Waals surface area contributed by atoms with Crippen LogP contribution in [-0.4, -0.2) is 44.9 Å². The van der Waals surface area contributed by atoms with Gasteiger partial charge in [0.25, 0.3) is 0 Å². The third kappa shape index (κ3) is 7.15. The number of hydrogen-bond donors (Lipinski definition) is 0. The van der Waals surface area contributed by atoms with Gasteiger partial charge in [-0.15, -0.1) is 9.78 Å². The maximum atomic E-state index is 12.0. The van der Waals surface area contributed by atoms with Crippen LogP contribution >= 0.6 is 0 Å². The second-order valence-corrected chi connectivity index (χ2v) is 5.96. The first-order valence-electron chi connectivity index (χ1n) is 9.24.